The molecule has 16 heavy (non-hydrogen) atoms. The fourth-order valence-electron chi connectivity index (χ4n) is 2.05. The second kappa shape index (κ2) is 7.94. The molecule has 1 N–H and O–H groups in total. The molecule has 1 saturated heterocycles. The van der Waals surface area contributed by atoms with Gasteiger partial charge in [-0.2, -0.15) is 17.0 Å². The first-order valence-electron chi connectivity index (χ1n) is 6.24. The number of likely N-dealkylation sites (N-methyl/N-ethyl adjacent to an activating group) is 1. The van der Waals surface area contributed by atoms with Crippen molar-refractivity contribution in [2.24, 2.45) is 5.92 Å². The predicted octanol–water partition coefficient (Wildman–Crippen LogP) is 1.56. The third-order valence-corrected chi connectivity index (χ3v) is 4.45. The van der Waals surface area contributed by atoms with Gasteiger partial charge >= 0.3 is 0 Å². The summed E-state index contributed by atoms with van der Waals surface area (Å²) < 4.78 is 0. The van der Waals surface area contributed by atoms with E-state index in [-0.39, 0.29) is 6.04 Å². The first kappa shape index (κ1) is 13.8. The molecule has 0 aromatic heterocycles. The summed E-state index contributed by atoms with van der Waals surface area (Å²) in [7, 11) is 0. The molecule has 1 aliphatic rings. The molecule has 1 heterocycles. The molecule has 1 fully saturated rings. The van der Waals surface area contributed by atoms with Crippen LogP contribution >= 0.6 is 11.8 Å². The van der Waals surface area contributed by atoms with Crippen molar-refractivity contribution in [3.63, 3.8) is 0 Å². The molecule has 0 aromatic rings. The largest absolute Gasteiger partial charge is 0.303 e. The van der Waals surface area contributed by atoms with Crippen LogP contribution in [0.2, 0.25) is 0 Å². The standard InChI is InChI=1S/C12H23N3S/c1-3-15(4-2)7-6-14-12(9-13)11-5-8-16-10-11/h11-12,14H,3-8,10H2,1-2H3. The van der Waals surface area contributed by atoms with E-state index < -0.39 is 0 Å². The van der Waals surface area contributed by atoms with E-state index in [2.05, 4.69) is 30.1 Å². The van der Waals surface area contributed by atoms with Crippen LogP contribution in [0.25, 0.3) is 0 Å². The first-order chi connectivity index (χ1) is 7.81. The molecule has 0 bridgehead atoms. The van der Waals surface area contributed by atoms with Crippen molar-refractivity contribution < 1.29 is 0 Å². The third kappa shape index (κ3) is 4.32. The Bertz CT molecular complexity index is 217. The zero-order chi connectivity index (χ0) is 11.8. The fourth-order valence-corrected chi connectivity index (χ4v) is 3.35. The second-order valence-electron chi connectivity index (χ2n) is 4.21. The first-order valence-corrected chi connectivity index (χ1v) is 7.40. The molecular weight excluding hydrogens is 218 g/mol. The number of nitriles is 1. The SMILES string of the molecule is CCN(CC)CCNC(C#N)C1CCSC1. The van der Waals surface area contributed by atoms with Crippen LogP contribution in [0.3, 0.4) is 0 Å². The molecular formula is C12H23N3S. The topological polar surface area (TPSA) is 39.1 Å². The minimum atomic E-state index is 0.0607. The van der Waals surface area contributed by atoms with Crippen molar-refractivity contribution in [1.82, 2.24) is 10.2 Å². The summed E-state index contributed by atoms with van der Waals surface area (Å²) in [5.74, 6) is 2.93. The molecule has 2 unspecified atom stereocenters. The van der Waals surface area contributed by atoms with E-state index in [4.69, 9.17) is 5.26 Å². The van der Waals surface area contributed by atoms with Gasteiger partial charge in [0.2, 0.25) is 0 Å². The Morgan fingerprint density at radius 2 is 2.25 bits per heavy atom. The number of hydrogen-bond acceptors (Lipinski definition) is 4. The summed E-state index contributed by atoms with van der Waals surface area (Å²) >= 11 is 1.97. The van der Waals surface area contributed by atoms with Crippen molar-refractivity contribution in [2.45, 2.75) is 26.3 Å². The predicted molar refractivity (Wildman–Crippen MR) is 70.6 cm³/mol. The van der Waals surface area contributed by atoms with E-state index in [0.29, 0.717) is 5.92 Å². The van der Waals surface area contributed by atoms with Gasteiger partial charge in [0.1, 0.15) is 0 Å². The lowest BCUT2D eigenvalue weighted by atomic mass is 10.0. The van der Waals surface area contributed by atoms with Crippen molar-refractivity contribution in [2.75, 3.05) is 37.7 Å². The van der Waals surface area contributed by atoms with E-state index in [0.717, 1.165) is 31.9 Å². The molecule has 4 heteroatoms. The van der Waals surface area contributed by atoms with Crippen LogP contribution in [-0.2, 0) is 0 Å². The lowest BCUT2D eigenvalue weighted by Gasteiger charge is -2.21. The Labute approximate surface area is 104 Å². The Balaban J connectivity index is 2.21. The molecule has 3 nitrogen and oxygen atoms in total. The quantitative estimate of drug-likeness (QED) is 0.734. The summed E-state index contributed by atoms with van der Waals surface area (Å²) in [5.41, 5.74) is 0. The van der Waals surface area contributed by atoms with Crippen LogP contribution in [0, 0.1) is 17.2 Å². The highest BCUT2D eigenvalue weighted by atomic mass is 32.2. The minimum absolute atomic E-state index is 0.0607. The fraction of sp³-hybridized carbons (Fsp3) is 0.917. The van der Waals surface area contributed by atoms with E-state index in [1.807, 2.05) is 11.8 Å². The van der Waals surface area contributed by atoms with E-state index in [9.17, 15) is 0 Å². The number of thioether (sulfide) groups is 1. The van der Waals surface area contributed by atoms with Gasteiger partial charge < -0.3 is 10.2 Å². The van der Waals surface area contributed by atoms with Crippen LogP contribution in [0.4, 0.5) is 0 Å². The molecule has 0 spiro atoms. The molecule has 0 saturated carbocycles. The van der Waals surface area contributed by atoms with Gasteiger partial charge in [-0.05, 0) is 36.9 Å². The van der Waals surface area contributed by atoms with Gasteiger partial charge in [0.25, 0.3) is 0 Å². The van der Waals surface area contributed by atoms with Gasteiger partial charge in [-0.3, -0.25) is 0 Å². The summed E-state index contributed by atoms with van der Waals surface area (Å²) in [6.07, 6.45) is 1.20. The zero-order valence-electron chi connectivity index (χ0n) is 10.4. The van der Waals surface area contributed by atoms with Crippen LogP contribution < -0.4 is 5.32 Å². The summed E-state index contributed by atoms with van der Waals surface area (Å²) in [6.45, 7) is 8.52. The van der Waals surface area contributed by atoms with Crippen molar-refractivity contribution in [1.29, 1.82) is 5.26 Å². The molecule has 0 aliphatic carbocycles. The van der Waals surface area contributed by atoms with Crippen LogP contribution in [-0.4, -0.2) is 48.6 Å². The number of hydrogen-bond donors (Lipinski definition) is 1. The molecule has 0 aromatic carbocycles. The highest BCUT2D eigenvalue weighted by molar-refractivity contribution is 7.99. The lowest BCUT2D eigenvalue weighted by Crippen LogP contribution is -2.40. The van der Waals surface area contributed by atoms with Crippen LogP contribution in [0.1, 0.15) is 20.3 Å². The molecule has 1 aliphatic heterocycles. The van der Waals surface area contributed by atoms with Crippen molar-refractivity contribution >= 4 is 11.8 Å². The van der Waals surface area contributed by atoms with E-state index in [1.165, 1.54) is 12.2 Å². The molecule has 0 amide bonds. The van der Waals surface area contributed by atoms with Gasteiger partial charge in [0.15, 0.2) is 0 Å². The Kier molecular flexibility index (Phi) is 6.86. The van der Waals surface area contributed by atoms with Crippen LogP contribution in [0.5, 0.6) is 0 Å². The van der Waals surface area contributed by atoms with Crippen molar-refractivity contribution in [3.05, 3.63) is 0 Å². The molecule has 92 valence electrons. The zero-order valence-corrected chi connectivity index (χ0v) is 11.2. The van der Waals surface area contributed by atoms with Crippen molar-refractivity contribution in [3.8, 4) is 6.07 Å². The summed E-state index contributed by atoms with van der Waals surface area (Å²) in [5, 5.41) is 12.5. The molecule has 2 atom stereocenters. The average molecular weight is 241 g/mol. The maximum atomic E-state index is 9.13. The second-order valence-corrected chi connectivity index (χ2v) is 5.36. The van der Waals surface area contributed by atoms with Crippen LogP contribution in [0.15, 0.2) is 0 Å². The van der Waals surface area contributed by atoms with Gasteiger partial charge in [0, 0.05) is 13.1 Å². The molecule has 0 radical (unpaired) electrons. The summed E-state index contributed by atoms with van der Waals surface area (Å²) in [4.78, 5) is 2.38. The van der Waals surface area contributed by atoms with E-state index in [1.54, 1.807) is 0 Å². The normalized spacial score (nSPS) is 22.2. The van der Waals surface area contributed by atoms with Gasteiger partial charge in [-0.25, -0.2) is 0 Å². The van der Waals surface area contributed by atoms with Gasteiger partial charge in [0.05, 0.1) is 12.1 Å². The maximum Gasteiger partial charge on any atom is 0.0990 e. The van der Waals surface area contributed by atoms with Gasteiger partial charge in [-0.15, -0.1) is 0 Å². The monoisotopic (exact) mass is 241 g/mol. The average Bonchev–Trinajstić information content (AvgIpc) is 2.83. The maximum absolute atomic E-state index is 9.13. The Morgan fingerprint density at radius 1 is 1.50 bits per heavy atom. The molecule has 1 rings (SSSR count). The highest BCUT2D eigenvalue weighted by Gasteiger charge is 2.24. The third-order valence-electron chi connectivity index (χ3n) is 3.26. The Hall–Kier alpha value is -0.240. The number of nitrogens with zero attached hydrogens (tertiary/aromatic N) is 2. The van der Waals surface area contributed by atoms with E-state index >= 15 is 0 Å². The van der Waals surface area contributed by atoms with Gasteiger partial charge in [-0.1, -0.05) is 13.8 Å². The lowest BCUT2D eigenvalue weighted by molar-refractivity contribution is 0.294. The summed E-state index contributed by atoms with van der Waals surface area (Å²) in [6, 6.07) is 2.47. The highest BCUT2D eigenvalue weighted by Crippen LogP contribution is 2.25. The smallest absolute Gasteiger partial charge is 0.0990 e. The number of nitrogens with one attached hydrogen (secondary N) is 1. The minimum Gasteiger partial charge on any atom is -0.303 e. The Morgan fingerprint density at radius 3 is 2.75 bits per heavy atom. The number of rotatable bonds is 7.